The van der Waals surface area contributed by atoms with Gasteiger partial charge in [0.15, 0.2) is 0 Å². The first-order chi connectivity index (χ1) is 18.0. The van der Waals surface area contributed by atoms with Crippen LogP contribution in [0, 0.1) is 5.82 Å². The molecule has 1 aromatic heterocycles. The number of piperidine rings is 1. The average molecular weight is 551 g/mol. The van der Waals surface area contributed by atoms with E-state index in [-0.39, 0.29) is 41.4 Å². The van der Waals surface area contributed by atoms with Crippen molar-refractivity contribution in [1.29, 1.82) is 0 Å². The third-order valence-corrected chi connectivity index (χ3v) is 8.00. The summed E-state index contributed by atoms with van der Waals surface area (Å²) < 4.78 is 60.6. The molecule has 2 atom stereocenters. The number of carbonyl (C=O) groups is 1. The van der Waals surface area contributed by atoms with Gasteiger partial charge in [-0.1, -0.05) is 11.6 Å². The topological polar surface area (TPSA) is 66.8 Å². The number of hydrogen-bond acceptors (Lipinski definition) is 5. The van der Waals surface area contributed by atoms with Crippen LogP contribution < -0.4 is 10.2 Å². The molecule has 0 bridgehead atoms. The van der Waals surface area contributed by atoms with Crippen molar-refractivity contribution in [3.05, 3.63) is 57.6 Å². The van der Waals surface area contributed by atoms with Gasteiger partial charge in [0.25, 0.3) is 5.91 Å². The summed E-state index contributed by atoms with van der Waals surface area (Å²) in [6, 6.07) is 5.11. The number of amidine groups is 1. The van der Waals surface area contributed by atoms with Gasteiger partial charge >= 0.3 is 6.18 Å². The van der Waals surface area contributed by atoms with Gasteiger partial charge in [-0.2, -0.15) is 13.2 Å². The Morgan fingerprint density at radius 3 is 2.63 bits per heavy atom. The number of pyridine rings is 1. The first-order valence-corrected chi connectivity index (χ1v) is 13.3. The number of alkyl halides is 3. The lowest BCUT2D eigenvalue weighted by atomic mass is 9.83. The molecule has 1 amide bonds. The summed E-state index contributed by atoms with van der Waals surface area (Å²) in [5.74, 6) is -0.513. The average Bonchev–Trinajstić information content (AvgIpc) is 3.77. The Kier molecular flexibility index (Phi) is 6.18. The molecule has 0 radical (unpaired) electrons. The monoisotopic (exact) mass is 550 g/mol. The number of rotatable bonds is 6. The molecule has 0 unspecified atom stereocenters. The van der Waals surface area contributed by atoms with Crippen LogP contribution in [0.25, 0.3) is 0 Å². The lowest BCUT2D eigenvalue weighted by Gasteiger charge is -2.42. The lowest BCUT2D eigenvalue weighted by molar-refractivity contribution is -0.141. The SMILES string of the molecule is C[C@H]1C[C@@]2(CCN1c1cc(Cl)cc(F)c1COC1CC1)N=C(c1ccc(C(F)(F)F)nc1C1CC1)NC2=O. The minimum absolute atomic E-state index is 0.0711. The summed E-state index contributed by atoms with van der Waals surface area (Å²) in [5.41, 5.74) is -0.151. The summed E-state index contributed by atoms with van der Waals surface area (Å²) in [5, 5.41) is 3.11. The fourth-order valence-corrected chi connectivity index (χ4v) is 5.66. The molecule has 6 rings (SSSR count). The Hall–Kier alpha value is -2.72. The van der Waals surface area contributed by atoms with Crippen molar-refractivity contribution in [2.75, 3.05) is 11.4 Å². The van der Waals surface area contributed by atoms with E-state index in [0.717, 1.165) is 31.7 Å². The Morgan fingerprint density at radius 2 is 1.97 bits per heavy atom. The largest absolute Gasteiger partial charge is 0.433 e. The summed E-state index contributed by atoms with van der Waals surface area (Å²) in [4.78, 5) is 24.0. The highest BCUT2D eigenvalue weighted by atomic mass is 35.5. The number of anilines is 1. The van der Waals surface area contributed by atoms with Crippen molar-refractivity contribution in [3.8, 4) is 0 Å². The Bertz CT molecular complexity index is 1320. The van der Waals surface area contributed by atoms with Crippen molar-refractivity contribution in [1.82, 2.24) is 10.3 Å². The van der Waals surface area contributed by atoms with Crippen molar-refractivity contribution >= 4 is 29.0 Å². The van der Waals surface area contributed by atoms with Crippen LogP contribution in [0.4, 0.5) is 23.2 Å². The molecule has 202 valence electrons. The van der Waals surface area contributed by atoms with Crippen molar-refractivity contribution in [2.45, 2.75) is 81.8 Å². The Labute approximate surface area is 222 Å². The summed E-state index contributed by atoms with van der Waals surface area (Å²) in [6.07, 6.45) is -0.225. The number of ether oxygens (including phenoxy) is 1. The van der Waals surface area contributed by atoms with Gasteiger partial charge < -0.3 is 15.0 Å². The maximum Gasteiger partial charge on any atom is 0.433 e. The van der Waals surface area contributed by atoms with Gasteiger partial charge in [0.2, 0.25) is 0 Å². The minimum atomic E-state index is -4.55. The zero-order valence-electron chi connectivity index (χ0n) is 20.7. The highest BCUT2D eigenvalue weighted by molar-refractivity contribution is 6.30. The lowest BCUT2D eigenvalue weighted by Crippen LogP contribution is -2.53. The molecular formula is C27H27ClF4N4O2. The molecule has 11 heteroatoms. The number of aromatic nitrogens is 1. The molecule has 6 nitrogen and oxygen atoms in total. The highest BCUT2D eigenvalue weighted by Crippen LogP contribution is 2.44. The fraction of sp³-hybridized carbons (Fsp3) is 0.519. The van der Waals surface area contributed by atoms with E-state index in [1.54, 1.807) is 6.07 Å². The normalized spacial score (nSPS) is 25.6. The predicted molar refractivity (Wildman–Crippen MR) is 134 cm³/mol. The number of aliphatic imine (C=N–C) groups is 1. The van der Waals surface area contributed by atoms with Crippen LogP contribution in [-0.2, 0) is 22.3 Å². The smallest absolute Gasteiger partial charge is 0.373 e. The van der Waals surface area contributed by atoms with Crippen molar-refractivity contribution < 1.29 is 27.1 Å². The van der Waals surface area contributed by atoms with Crippen LogP contribution >= 0.6 is 11.6 Å². The first-order valence-electron chi connectivity index (χ1n) is 12.9. The number of amides is 1. The number of carbonyl (C=O) groups excluding carboxylic acids is 1. The Morgan fingerprint density at radius 1 is 1.21 bits per heavy atom. The summed E-state index contributed by atoms with van der Waals surface area (Å²) >= 11 is 6.21. The minimum Gasteiger partial charge on any atom is -0.373 e. The fourth-order valence-electron chi connectivity index (χ4n) is 5.46. The molecule has 4 aliphatic rings. The van der Waals surface area contributed by atoms with E-state index in [0.29, 0.717) is 41.9 Å². The van der Waals surface area contributed by atoms with Crippen molar-refractivity contribution in [2.24, 2.45) is 4.99 Å². The number of benzene rings is 1. The molecule has 3 heterocycles. The molecule has 2 aliphatic heterocycles. The van der Waals surface area contributed by atoms with Gasteiger partial charge in [0.05, 0.1) is 18.4 Å². The number of halogens is 5. The third kappa shape index (κ3) is 4.77. The van der Waals surface area contributed by atoms with E-state index in [1.165, 1.54) is 12.1 Å². The van der Waals surface area contributed by atoms with Crippen LogP contribution in [0.2, 0.25) is 5.02 Å². The number of nitrogens with one attached hydrogen (secondary N) is 1. The second-order valence-electron chi connectivity index (χ2n) is 10.7. The maximum atomic E-state index is 14.9. The molecule has 2 aliphatic carbocycles. The summed E-state index contributed by atoms with van der Waals surface area (Å²) in [6.45, 7) is 2.51. The van der Waals surface area contributed by atoms with E-state index in [2.05, 4.69) is 10.3 Å². The zero-order valence-corrected chi connectivity index (χ0v) is 21.5. The van der Waals surface area contributed by atoms with Gasteiger partial charge in [-0.05, 0) is 63.3 Å². The van der Waals surface area contributed by atoms with Crippen LogP contribution in [0.5, 0.6) is 0 Å². The van der Waals surface area contributed by atoms with Crippen LogP contribution in [0.3, 0.4) is 0 Å². The van der Waals surface area contributed by atoms with Gasteiger partial charge in [0, 0.05) is 46.8 Å². The van der Waals surface area contributed by atoms with Crippen LogP contribution in [0.1, 0.15) is 73.9 Å². The van der Waals surface area contributed by atoms with Gasteiger partial charge in [-0.25, -0.2) is 9.37 Å². The van der Waals surface area contributed by atoms with E-state index < -0.39 is 23.2 Å². The van der Waals surface area contributed by atoms with E-state index in [1.807, 2.05) is 11.8 Å². The number of hydrogen-bond donors (Lipinski definition) is 1. The van der Waals surface area contributed by atoms with Crippen LogP contribution in [-0.4, -0.2) is 41.0 Å². The van der Waals surface area contributed by atoms with E-state index in [9.17, 15) is 22.4 Å². The van der Waals surface area contributed by atoms with Crippen molar-refractivity contribution in [3.63, 3.8) is 0 Å². The molecular weight excluding hydrogens is 524 g/mol. The zero-order chi connectivity index (χ0) is 26.8. The molecule has 2 aromatic rings. The second kappa shape index (κ2) is 9.19. The standard InChI is InChI=1S/C27H27ClF4N4O2/c1-14-12-26(8-9-36(14)21-11-16(28)10-20(29)19(21)13-38-17-4-5-17)25(37)34-24(35-26)18-6-7-22(27(30,31)32)33-23(18)15-2-3-15/h6-7,10-11,14-15,17H,2-5,8-9,12-13H2,1H3,(H,34,35,37)/t14-,26+/m0/s1. The van der Waals surface area contributed by atoms with Crippen LogP contribution in [0.15, 0.2) is 29.3 Å². The first kappa shape index (κ1) is 25.6. The second-order valence-corrected chi connectivity index (χ2v) is 11.2. The van der Waals surface area contributed by atoms with E-state index >= 15 is 0 Å². The predicted octanol–water partition coefficient (Wildman–Crippen LogP) is 5.75. The summed E-state index contributed by atoms with van der Waals surface area (Å²) in [7, 11) is 0. The van der Waals surface area contributed by atoms with Gasteiger partial charge in [-0.15, -0.1) is 0 Å². The van der Waals surface area contributed by atoms with E-state index in [4.69, 9.17) is 21.3 Å². The van der Waals surface area contributed by atoms with Gasteiger partial charge in [-0.3, -0.25) is 9.79 Å². The molecule has 1 spiro atoms. The quantitative estimate of drug-likeness (QED) is 0.465. The molecule has 1 N–H and O–H groups in total. The molecule has 1 aromatic carbocycles. The molecule has 3 fully saturated rings. The maximum absolute atomic E-state index is 14.9. The molecule has 2 saturated carbocycles. The Balaban J connectivity index is 1.28. The highest BCUT2D eigenvalue weighted by Gasteiger charge is 2.49. The molecule has 1 saturated heterocycles. The number of nitrogens with zero attached hydrogens (tertiary/aromatic N) is 3. The van der Waals surface area contributed by atoms with Gasteiger partial charge in [0.1, 0.15) is 22.9 Å². The third-order valence-electron chi connectivity index (χ3n) is 7.78. The molecule has 38 heavy (non-hydrogen) atoms.